The Balaban J connectivity index is 1.99. The van der Waals surface area contributed by atoms with Gasteiger partial charge in [0.25, 0.3) is 0 Å². The Kier molecular flexibility index (Phi) is 6.66. The van der Waals surface area contributed by atoms with E-state index in [0.717, 1.165) is 16.9 Å². The zero-order valence-electron chi connectivity index (χ0n) is 18.0. The first-order chi connectivity index (χ1) is 14.3. The molecule has 3 aromatic carbocycles. The summed E-state index contributed by atoms with van der Waals surface area (Å²) in [6, 6.07) is 24.9. The van der Waals surface area contributed by atoms with Crippen LogP contribution in [0.15, 0.2) is 78.9 Å². The van der Waals surface area contributed by atoms with Crippen molar-refractivity contribution < 1.29 is 14.6 Å². The van der Waals surface area contributed by atoms with Crippen molar-refractivity contribution >= 4 is 8.07 Å². The highest BCUT2D eigenvalue weighted by atomic mass is 28.3. The molecule has 3 aromatic rings. The van der Waals surface area contributed by atoms with E-state index in [4.69, 9.17) is 9.47 Å². The predicted octanol–water partition coefficient (Wildman–Crippen LogP) is 5.39. The normalized spacial score (nSPS) is 13.0. The quantitative estimate of drug-likeness (QED) is 0.432. The summed E-state index contributed by atoms with van der Waals surface area (Å²) in [5.41, 5.74) is 4.29. The maximum atomic E-state index is 11.8. The van der Waals surface area contributed by atoms with Crippen LogP contribution in [0, 0.1) is 11.5 Å². The molecule has 30 heavy (non-hydrogen) atoms. The van der Waals surface area contributed by atoms with Crippen molar-refractivity contribution in [2.24, 2.45) is 0 Å². The van der Waals surface area contributed by atoms with Gasteiger partial charge in [0.1, 0.15) is 26.2 Å². The first-order valence-corrected chi connectivity index (χ1v) is 13.5. The molecule has 4 heteroatoms. The van der Waals surface area contributed by atoms with Gasteiger partial charge in [-0.05, 0) is 23.8 Å². The summed E-state index contributed by atoms with van der Waals surface area (Å²) in [6.07, 6.45) is 0. The van der Waals surface area contributed by atoms with Crippen LogP contribution in [0.3, 0.4) is 0 Å². The molecule has 0 spiro atoms. The average molecular weight is 417 g/mol. The minimum Gasteiger partial charge on any atom is -0.497 e. The topological polar surface area (TPSA) is 38.7 Å². The zero-order valence-corrected chi connectivity index (χ0v) is 19.0. The van der Waals surface area contributed by atoms with Gasteiger partial charge in [0.05, 0.1) is 7.11 Å². The van der Waals surface area contributed by atoms with Crippen LogP contribution in [0.2, 0.25) is 19.6 Å². The van der Waals surface area contributed by atoms with Crippen LogP contribution in [0.5, 0.6) is 11.5 Å². The minimum absolute atomic E-state index is 0.382. The van der Waals surface area contributed by atoms with Crippen LogP contribution >= 0.6 is 0 Å². The molecule has 3 rings (SSSR count). The molecular weight excluding hydrogens is 388 g/mol. The third kappa shape index (κ3) is 5.32. The number of aliphatic hydroxyl groups is 1. The van der Waals surface area contributed by atoms with Crippen molar-refractivity contribution in [3.8, 4) is 23.0 Å². The molecule has 0 aliphatic heterocycles. The van der Waals surface area contributed by atoms with Crippen LogP contribution in [0.1, 0.15) is 16.7 Å². The van der Waals surface area contributed by atoms with Crippen molar-refractivity contribution in [2.45, 2.75) is 31.8 Å². The molecule has 154 valence electrons. The maximum absolute atomic E-state index is 11.8. The lowest BCUT2D eigenvalue weighted by Gasteiger charge is -2.26. The summed E-state index contributed by atoms with van der Waals surface area (Å²) in [7, 11) is -0.0577. The van der Waals surface area contributed by atoms with Gasteiger partial charge in [0.15, 0.2) is 5.60 Å². The highest BCUT2D eigenvalue weighted by Gasteiger charge is 2.33. The molecule has 1 atom stereocenters. The molecule has 0 aliphatic rings. The van der Waals surface area contributed by atoms with Crippen molar-refractivity contribution in [1.82, 2.24) is 0 Å². The molecule has 0 bridgehead atoms. The predicted molar refractivity (Wildman–Crippen MR) is 124 cm³/mol. The van der Waals surface area contributed by atoms with Crippen LogP contribution in [-0.4, -0.2) is 20.3 Å². The Labute approximate surface area is 180 Å². The van der Waals surface area contributed by atoms with Crippen LogP contribution in [0.4, 0.5) is 0 Å². The van der Waals surface area contributed by atoms with Gasteiger partial charge in [0.2, 0.25) is 0 Å². The smallest absolute Gasteiger partial charge is 0.179 e. The third-order valence-electron chi connectivity index (χ3n) is 4.64. The SMILES string of the molecule is COc1ccc(COc2ccccc2C(O)(C#C[Si](C)(C)C)c2ccccc2)cc1. The Bertz CT molecular complexity index is 1030. The monoisotopic (exact) mass is 416 g/mol. The molecule has 0 saturated carbocycles. The second-order valence-electron chi connectivity index (χ2n) is 8.21. The molecule has 0 heterocycles. The number of para-hydroxylation sites is 1. The molecule has 1 N–H and O–H groups in total. The van der Waals surface area contributed by atoms with Gasteiger partial charge in [-0.25, -0.2) is 0 Å². The molecular formula is C26H28O3Si. The number of hydrogen-bond acceptors (Lipinski definition) is 3. The molecule has 1 unspecified atom stereocenters. The fourth-order valence-corrected chi connectivity index (χ4v) is 3.58. The summed E-state index contributed by atoms with van der Waals surface area (Å²) in [4.78, 5) is 0. The maximum Gasteiger partial charge on any atom is 0.179 e. The lowest BCUT2D eigenvalue weighted by Crippen LogP contribution is -2.28. The number of rotatable bonds is 6. The highest BCUT2D eigenvalue weighted by molar-refractivity contribution is 6.83. The summed E-state index contributed by atoms with van der Waals surface area (Å²) < 4.78 is 11.4. The summed E-state index contributed by atoms with van der Waals surface area (Å²) >= 11 is 0. The molecule has 0 saturated heterocycles. The van der Waals surface area contributed by atoms with E-state index in [2.05, 4.69) is 31.1 Å². The van der Waals surface area contributed by atoms with Gasteiger partial charge in [-0.2, -0.15) is 0 Å². The lowest BCUT2D eigenvalue weighted by atomic mass is 9.86. The Morgan fingerprint density at radius 3 is 2.13 bits per heavy atom. The summed E-state index contributed by atoms with van der Waals surface area (Å²) in [5.74, 6) is 4.61. The van der Waals surface area contributed by atoms with E-state index in [1.165, 1.54) is 0 Å². The number of methoxy groups -OCH3 is 1. The largest absolute Gasteiger partial charge is 0.497 e. The van der Waals surface area contributed by atoms with Gasteiger partial charge in [-0.3, -0.25) is 0 Å². The fourth-order valence-electron chi connectivity index (χ4n) is 3.03. The van der Waals surface area contributed by atoms with E-state index in [-0.39, 0.29) is 0 Å². The second-order valence-corrected chi connectivity index (χ2v) is 13.0. The average Bonchev–Trinajstić information content (AvgIpc) is 2.77. The van der Waals surface area contributed by atoms with Crippen LogP contribution in [-0.2, 0) is 12.2 Å². The Morgan fingerprint density at radius 2 is 1.50 bits per heavy atom. The van der Waals surface area contributed by atoms with Crippen LogP contribution in [0.25, 0.3) is 0 Å². The van der Waals surface area contributed by atoms with Gasteiger partial charge >= 0.3 is 0 Å². The van der Waals surface area contributed by atoms with Crippen molar-refractivity contribution in [1.29, 1.82) is 0 Å². The van der Waals surface area contributed by atoms with E-state index >= 15 is 0 Å². The van der Waals surface area contributed by atoms with Crippen molar-refractivity contribution in [3.05, 3.63) is 95.6 Å². The summed E-state index contributed by atoms with van der Waals surface area (Å²) in [5, 5.41) is 11.8. The van der Waals surface area contributed by atoms with E-state index in [9.17, 15) is 5.11 Å². The first kappa shape index (κ1) is 21.7. The minimum atomic E-state index is -1.70. The van der Waals surface area contributed by atoms with Crippen LogP contribution < -0.4 is 9.47 Å². The Hall–Kier alpha value is -3.00. The van der Waals surface area contributed by atoms with E-state index in [1.807, 2.05) is 78.9 Å². The van der Waals surface area contributed by atoms with E-state index in [1.54, 1.807) is 7.11 Å². The molecule has 0 amide bonds. The number of benzene rings is 3. The summed E-state index contributed by atoms with van der Waals surface area (Å²) in [6.45, 7) is 6.87. The fraction of sp³-hybridized carbons (Fsp3) is 0.231. The first-order valence-electron chi connectivity index (χ1n) is 9.99. The molecule has 0 aromatic heterocycles. The Morgan fingerprint density at radius 1 is 0.867 bits per heavy atom. The highest BCUT2D eigenvalue weighted by Crippen LogP contribution is 2.36. The van der Waals surface area contributed by atoms with Gasteiger partial charge in [-0.15, -0.1) is 5.54 Å². The van der Waals surface area contributed by atoms with E-state index < -0.39 is 13.7 Å². The number of ether oxygens (including phenoxy) is 2. The van der Waals surface area contributed by atoms with Crippen molar-refractivity contribution in [2.75, 3.05) is 7.11 Å². The molecule has 0 radical (unpaired) electrons. The molecule has 0 aliphatic carbocycles. The standard InChI is InChI=1S/C26H28O3Si/c1-28-23-16-14-21(15-17-23)20-29-25-13-9-8-12-24(25)26(27,18-19-30(2,3)4)22-10-6-5-7-11-22/h5-17,27H,20H2,1-4H3. The molecule has 3 nitrogen and oxygen atoms in total. The lowest BCUT2D eigenvalue weighted by molar-refractivity contribution is 0.139. The van der Waals surface area contributed by atoms with Gasteiger partial charge in [0, 0.05) is 11.1 Å². The zero-order chi connectivity index (χ0) is 21.6. The number of hydrogen-bond donors (Lipinski definition) is 1. The third-order valence-corrected chi connectivity index (χ3v) is 5.52. The molecule has 0 fully saturated rings. The van der Waals surface area contributed by atoms with Crippen molar-refractivity contribution in [3.63, 3.8) is 0 Å². The van der Waals surface area contributed by atoms with E-state index in [0.29, 0.717) is 17.9 Å². The van der Waals surface area contributed by atoms with Gasteiger partial charge in [-0.1, -0.05) is 86.2 Å². The van der Waals surface area contributed by atoms with Gasteiger partial charge < -0.3 is 14.6 Å². The second kappa shape index (κ2) is 9.21.